The lowest BCUT2D eigenvalue weighted by atomic mass is 9.94. The second kappa shape index (κ2) is 14.2. The molecule has 1 aromatic rings. The molecule has 214 valence electrons. The Bertz CT molecular complexity index is 978. The van der Waals surface area contributed by atoms with Crippen molar-refractivity contribution in [2.45, 2.75) is 118 Å². The van der Waals surface area contributed by atoms with Gasteiger partial charge in [-0.1, -0.05) is 49.9 Å². The van der Waals surface area contributed by atoms with Gasteiger partial charge in [0.15, 0.2) is 0 Å². The molecule has 4 amide bonds. The van der Waals surface area contributed by atoms with Crippen molar-refractivity contribution in [3.05, 3.63) is 34.9 Å². The number of hydrogen-bond acceptors (Lipinski definition) is 5. The SMILES string of the molecule is CCCCCCN(C(=O)C(CC(N)=O)NC(=O)OC(C)(C)C)C(C(=O)NC(C)(C)C)c1cc(C)ccc1C. The number of amides is 4. The fourth-order valence-corrected chi connectivity index (χ4v) is 4.07. The van der Waals surface area contributed by atoms with Gasteiger partial charge in [-0.3, -0.25) is 14.4 Å². The van der Waals surface area contributed by atoms with Crippen LogP contribution >= 0.6 is 0 Å². The Kier molecular flexibility index (Phi) is 12.3. The molecule has 0 saturated carbocycles. The summed E-state index contributed by atoms with van der Waals surface area (Å²) in [6.45, 7) is 16.9. The summed E-state index contributed by atoms with van der Waals surface area (Å²) in [7, 11) is 0. The van der Waals surface area contributed by atoms with Crippen LogP contribution in [-0.2, 0) is 19.1 Å². The minimum Gasteiger partial charge on any atom is -0.444 e. The summed E-state index contributed by atoms with van der Waals surface area (Å²) in [6.07, 6.45) is 2.23. The number of rotatable bonds is 12. The van der Waals surface area contributed by atoms with Crippen LogP contribution in [0.2, 0.25) is 0 Å². The predicted molar refractivity (Wildman–Crippen MR) is 149 cm³/mol. The topological polar surface area (TPSA) is 131 Å². The van der Waals surface area contributed by atoms with Gasteiger partial charge in [0, 0.05) is 12.1 Å². The minimum absolute atomic E-state index is 0.264. The smallest absolute Gasteiger partial charge is 0.408 e. The highest BCUT2D eigenvalue weighted by atomic mass is 16.6. The van der Waals surface area contributed by atoms with Gasteiger partial charge in [-0.2, -0.15) is 0 Å². The van der Waals surface area contributed by atoms with E-state index in [2.05, 4.69) is 17.6 Å². The molecule has 0 aliphatic carbocycles. The molecule has 0 radical (unpaired) electrons. The molecule has 9 heteroatoms. The summed E-state index contributed by atoms with van der Waals surface area (Å²) < 4.78 is 5.33. The summed E-state index contributed by atoms with van der Waals surface area (Å²) in [6, 6.07) is 3.51. The Labute approximate surface area is 228 Å². The number of nitrogens with one attached hydrogen (secondary N) is 2. The number of ether oxygens (including phenoxy) is 1. The summed E-state index contributed by atoms with van der Waals surface area (Å²) in [4.78, 5) is 53.9. The maximum Gasteiger partial charge on any atom is 0.408 e. The summed E-state index contributed by atoms with van der Waals surface area (Å²) in [5, 5.41) is 5.54. The van der Waals surface area contributed by atoms with Gasteiger partial charge in [-0.05, 0) is 72.9 Å². The number of carbonyl (C=O) groups excluding carboxylic acids is 4. The molecule has 38 heavy (non-hydrogen) atoms. The van der Waals surface area contributed by atoms with Gasteiger partial charge in [0.2, 0.25) is 17.7 Å². The number of aryl methyl sites for hydroxylation is 2. The Morgan fingerprint density at radius 2 is 1.63 bits per heavy atom. The lowest BCUT2D eigenvalue weighted by Crippen LogP contribution is -2.55. The maximum absolute atomic E-state index is 14.1. The lowest BCUT2D eigenvalue weighted by Gasteiger charge is -2.36. The average Bonchev–Trinajstić information content (AvgIpc) is 2.74. The van der Waals surface area contributed by atoms with Crippen molar-refractivity contribution in [3.8, 4) is 0 Å². The number of nitrogens with two attached hydrogens (primary N) is 1. The van der Waals surface area contributed by atoms with Gasteiger partial charge in [-0.15, -0.1) is 0 Å². The number of benzene rings is 1. The highest BCUT2D eigenvalue weighted by Gasteiger charge is 2.38. The second-order valence-corrected chi connectivity index (χ2v) is 12.0. The Hall–Kier alpha value is -3.10. The van der Waals surface area contributed by atoms with Crippen molar-refractivity contribution in [1.82, 2.24) is 15.5 Å². The molecule has 0 bridgehead atoms. The van der Waals surface area contributed by atoms with Crippen LogP contribution in [0.5, 0.6) is 0 Å². The van der Waals surface area contributed by atoms with Crippen molar-refractivity contribution in [2.75, 3.05) is 6.54 Å². The average molecular weight is 533 g/mol. The van der Waals surface area contributed by atoms with Gasteiger partial charge < -0.3 is 26.0 Å². The van der Waals surface area contributed by atoms with Crippen LogP contribution in [0.4, 0.5) is 4.79 Å². The number of primary amides is 1. The second-order valence-electron chi connectivity index (χ2n) is 12.0. The maximum atomic E-state index is 14.1. The van der Waals surface area contributed by atoms with E-state index in [1.165, 1.54) is 4.90 Å². The van der Waals surface area contributed by atoms with Crippen LogP contribution in [0, 0.1) is 13.8 Å². The van der Waals surface area contributed by atoms with E-state index in [9.17, 15) is 19.2 Å². The number of unbranched alkanes of at least 4 members (excludes halogenated alkanes) is 3. The van der Waals surface area contributed by atoms with Gasteiger partial charge in [0.05, 0.1) is 6.42 Å². The van der Waals surface area contributed by atoms with Crippen molar-refractivity contribution in [3.63, 3.8) is 0 Å². The minimum atomic E-state index is -1.29. The third-order valence-electron chi connectivity index (χ3n) is 5.72. The molecule has 9 nitrogen and oxygen atoms in total. The molecule has 0 fully saturated rings. The molecule has 0 spiro atoms. The molecular weight excluding hydrogens is 484 g/mol. The molecule has 0 saturated heterocycles. The van der Waals surface area contributed by atoms with E-state index in [1.807, 2.05) is 52.8 Å². The molecule has 2 unspecified atom stereocenters. The van der Waals surface area contributed by atoms with E-state index in [1.54, 1.807) is 20.8 Å². The van der Waals surface area contributed by atoms with Crippen LogP contribution in [0.15, 0.2) is 18.2 Å². The van der Waals surface area contributed by atoms with Crippen LogP contribution in [0.3, 0.4) is 0 Å². The highest BCUT2D eigenvalue weighted by molar-refractivity contribution is 5.94. The molecule has 4 N–H and O–H groups in total. The first-order chi connectivity index (χ1) is 17.4. The summed E-state index contributed by atoms with van der Waals surface area (Å²) >= 11 is 0. The van der Waals surface area contributed by atoms with Crippen molar-refractivity contribution < 1.29 is 23.9 Å². The molecule has 1 aromatic carbocycles. The summed E-state index contributed by atoms with van der Waals surface area (Å²) in [5.74, 6) is -1.67. The standard InChI is InChI=1S/C29H48N4O5/c1-10-11-12-13-16-33(26(36)22(18-23(30)34)31-27(37)38-29(7,8)9)24(25(35)32-28(4,5)6)21-17-19(2)14-15-20(21)3/h14-15,17,22,24H,10-13,16,18H2,1-9H3,(H2,30,34)(H,31,37)(H,32,35). The van der Waals surface area contributed by atoms with E-state index >= 15 is 0 Å². The first kappa shape index (κ1) is 32.9. The van der Waals surface area contributed by atoms with Gasteiger partial charge >= 0.3 is 6.09 Å². The van der Waals surface area contributed by atoms with Crippen molar-refractivity contribution in [1.29, 1.82) is 0 Å². The monoisotopic (exact) mass is 532 g/mol. The fourth-order valence-electron chi connectivity index (χ4n) is 4.07. The Balaban J connectivity index is 3.62. The Morgan fingerprint density at radius 3 is 2.16 bits per heavy atom. The zero-order valence-corrected chi connectivity index (χ0v) is 24.7. The quantitative estimate of drug-likeness (QED) is 0.343. The normalized spacial score (nSPS) is 13.3. The van der Waals surface area contributed by atoms with Gasteiger partial charge in [0.25, 0.3) is 0 Å². The predicted octanol–water partition coefficient (Wildman–Crippen LogP) is 4.44. The molecular formula is C29H48N4O5. The highest BCUT2D eigenvalue weighted by Crippen LogP contribution is 2.28. The van der Waals surface area contributed by atoms with Gasteiger partial charge in [0.1, 0.15) is 17.7 Å². The van der Waals surface area contributed by atoms with Crippen LogP contribution in [0.1, 0.15) is 103 Å². The largest absolute Gasteiger partial charge is 0.444 e. The molecule has 0 aliphatic rings. The molecule has 2 atom stereocenters. The molecule has 0 heterocycles. The number of hydrogen-bond donors (Lipinski definition) is 3. The van der Waals surface area contributed by atoms with Crippen molar-refractivity contribution in [2.24, 2.45) is 5.73 Å². The number of nitrogens with zero attached hydrogens (tertiary/aromatic N) is 1. The number of alkyl carbamates (subject to hydrolysis) is 1. The van der Waals surface area contributed by atoms with E-state index in [0.717, 1.165) is 30.4 Å². The fraction of sp³-hybridized carbons (Fsp3) is 0.655. The molecule has 0 aromatic heterocycles. The first-order valence-corrected chi connectivity index (χ1v) is 13.4. The van der Waals surface area contributed by atoms with Crippen LogP contribution in [0.25, 0.3) is 0 Å². The van der Waals surface area contributed by atoms with E-state index in [4.69, 9.17) is 10.5 Å². The van der Waals surface area contributed by atoms with E-state index in [-0.39, 0.29) is 12.5 Å². The molecule has 1 rings (SSSR count). The zero-order chi connectivity index (χ0) is 29.3. The Morgan fingerprint density at radius 1 is 1.00 bits per heavy atom. The van der Waals surface area contributed by atoms with Gasteiger partial charge in [-0.25, -0.2) is 4.79 Å². The first-order valence-electron chi connectivity index (χ1n) is 13.4. The van der Waals surface area contributed by atoms with Crippen LogP contribution in [-0.4, -0.2) is 52.4 Å². The van der Waals surface area contributed by atoms with Crippen molar-refractivity contribution >= 4 is 23.8 Å². The van der Waals surface area contributed by atoms with E-state index in [0.29, 0.717) is 12.0 Å². The van der Waals surface area contributed by atoms with Crippen LogP contribution < -0.4 is 16.4 Å². The molecule has 0 aliphatic heterocycles. The summed E-state index contributed by atoms with van der Waals surface area (Å²) in [5.41, 5.74) is 6.59. The third-order valence-corrected chi connectivity index (χ3v) is 5.72. The third kappa shape index (κ3) is 11.5. The lowest BCUT2D eigenvalue weighted by molar-refractivity contribution is -0.144. The van der Waals surface area contributed by atoms with E-state index < -0.39 is 47.6 Å². The zero-order valence-electron chi connectivity index (χ0n) is 24.7. The number of carbonyl (C=O) groups is 4.